The molecule has 2 unspecified atom stereocenters. The Morgan fingerprint density at radius 3 is 2.84 bits per heavy atom. The van der Waals surface area contributed by atoms with Crippen molar-refractivity contribution in [3.8, 4) is 0 Å². The van der Waals surface area contributed by atoms with Crippen molar-refractivity contribution in [3.05, 3.63) is 0 Å². The third kappa shape index (κ3) is 3.24. The summed E-state index contributed by atoms with van der Waals surface area (Å²) < 4.78 is 31.7. The Bertz CT molecular complexity index is 403. The van der Waals surface area contributed by atoms with Gasteiger partial charge in [-0.25, -0.2) is 12.7 Å². The highest BCUT2D eigenvalue weighted by Crippen LogP contribution is 2.37. The van der Waals surface area contributed by atoms with Crippen LogP contribution >= 0.6 is 12.4 Å². The average molecular weight is 311 g/mol. The van der Waals surface area contributed by atoms with E-state index < -0.39 is 10.0 Å². The van der Waals surface area contributed by atoms with Gasteiger partial charge < -0.3 is 10.1 Å². The van der Waals surface area contributed by atoms with Crippen molar-refractivity contribution >= 4 is 22.4 Å². The SMILES string of the molecule is Cl.O=S(=O)(CC1CCOC1)N1CCC2(CCNC2)C1. The summed E-state index contributed by atoms with van der Waals surface area (Å²) >= 11 is 0. The summed E-state index contributed by atoms with van der Waals surface area (Å²) in [6.07, 6.45) is 3.02. The van der Waals surface area contributed by atoms with Crippen molar-refractivity contribution in [1.29, 1.82) is 0 Å². The van der Waals surface area contributed by atoms with Crippen LogP contribution in [0.2, 0.25) is 0 Å². The Labute approximate surface area is 121 Å². The molecule has 0 aromatic carbocycles. The second-order valence-electron chi connectivity index (χ2n) is 6.02. The van der Waals surface area contributed by atoms with Gasteiger partial charge in [0.05, 0.1) is 12.4 Å². The molecule has 3 heterocycles. The molecule has 1 N–H and O–H groups in total. The van der Waals surface area contributed by atoms with E-state index >= 15 is 0 Å². The molecular weight excluding hydrogens is 288 g/mol. The van der Waals surface area contributed by atoms with Crippen molar-refractivity contribution in [1.82, 2.24) is 9.62 Å². The minimum atomic E-state index is -3.08. The lowest BCUT2D eigenvalue weighted by Gasteiger charge is -2.23. The molecule has 3 saturated heterocycles. The maximum absolute atomic E-state index is 12.4. The zero-order chi connectivity index (χ0) is 12.6. The summed E-state index contributed by atoms with van der Waals surface area (Å²) in [4.78, 5) is 0. The lowest BCUT2D eigenvalue weighted by Crippen LogP contribution is -2.36. The summed E-state index contributed by atoms with van der Waals surface area (Å²) in [5.41, 5.74) is 0.221. The Hall–Kier alpha value is 0.120. The van der Waals surface area contributed by atoms with Gasteiger partial charge in [0, 0.05) is 26.2 Å². The van der Waals surface area contributed by atoms with Crippen LogP contribution in [0.5, 0.6) is 0 Å². The molecule has 3 rings (SSSR count). The van der Waals surface area contributed by atoms with Gasteiger partial charge in [-0.15, -0.1) is 12.4 Å². The lowest BCUT2D eigenvalue weighted by atomic mass is 9.87. The highest BCUT2D eigenvalue weighted by atomic mass is 35.5. The fraction of sp³-hybridized carbons (Fsp3) is 1.00. The number of sulfonamides is 1. The normalized spacial score (nSPS) is 35.9. The van der Waals surface area contributed by atoms with Crippen molar-refractivity contribution in [3.63, 3.8) is 0 Å². The molecule has 7 heteroatoms. The molecule has 3 aliphatic rings. The Morgan fingerprint density at radius 2 is 2.21 bits per heavy atom. The number of ether oxygens (including phenoxy) is 1. The predicted molar refractivity (Wildman–Crippen MR) is 76.1 cm³/mol. The van der Waals surface area contributed by atoms with Crippen LogP contribution in [0, 0.1) is 11.3 Å². The van der Waals surface area contributed by atoms with Gasteiger partial charge in [0.25, 0.3) is 0 Å². The maximum atomic E-state index is 12.4. The first-order chi connectivity index (χ1) is 8.60. The highest BCUT2D eigenvalue weighted by Gasteiger charge is 2.44. The molecule has 1 spiro atoms. The lowest BCUT2D eigenvalue weighted by molar-refractivity contribution is 0.188. The first-order valence-corrected chi connectivity index (χ1v) is 8.47. The number of rotatable bonds is 3. The Balaban J connectivity index is 0.00000133. The van der Waals surface area contributed by atoms with Crippen molar-refractivity contribution < 1.29 is 13.2 Å². The van der Waals surface area contributed by atoms with Gasteiger partial charge in [-0.05, 0) is 37.1 Å². The van der Waals surface area contributed by atoms with E-state index in [1.807, 2.05) is 0 Å². The second-order valence-corrected chi connectivity index (χ2v) is 8.03. The van der Waals surface area contributed by atoms with E-state index in [1.54, 1.807) is 4.31 Å². The van der Waals surface area contributed by atoms with E-state index in [-0.39, 0.29) is 29.5 Å². The van der Waals surface area contributed by atoms with Crippen LogP contribution < -0.4 is 5.32 Å². The van der Waals surface area contributed by atoms with Gasteiger partial charge in [-0.3, -0.25) is 0 Å². The molecule has 0 amide bonds. The molecule has 5 nitrogen and oxygen atoms in total. The van der Waals surface area contributed by atoms with Crippen molar-refractivity contribution in [2.75, 3.05) is 45.1 Å². The first kappa shape index (κ1) is 15.5. The summed E-state index contributed by atoms with van der Waals surface area (Å²) in [5, 5.41) is 3.36. The van der Waals surface area contributed by atoms with Crippen LogP contribution in [0.25, 0.3) is 0 Å². The minimum absolute atomic E-state index is 0. The molecular formula is C12H23ClN2O3S. The van der Waals surface area contributed by atoms with E-state index in [0.29, 0.717) is 19.8 Å². The molecule has 0 bridgehead atoms. The molecule has 3 fully saturated rings. The standard InChI is InChI=1S/C12H22N2O3S.ClH/c15-18(16,8-11-1-6-17-7-11)14-5-3-12(10-14)2-4-13-9-12;/h11,13H,1-10H2;1H. The van der Waals surface area contributed by atoms with E-state index in [9.17, 15) is 8.42 Å². The van der Waals surface area contributed by atoms with Gasteiger partial charge in [-0.1, -0.05) is 0 Å². The fourth-order valence-electron chi connectivity index (χ4n) is 3.39. The van der Waals surface area contributed by atoms with Crippen LogP contribution in [0.1, 0.15) is 19.3 Å². The molecule has 3 aliphatic heterocycles. The van der Waals surface area contributed by atoms with Gasteiger partial charge in [0.2, 0.25) is 10.0 Å². The molecule has 112 valence electrons. The summed E-state index contributed by atoms with van der Waals surface area (Å²) in [6, 6.07) is 0. The Morgan fingerprint density at radius 1 is 1.37 bits per heavy atom. The van der Waals surface area contributed by atoms with Crippen LogP contribution in [0.4, 0.5) is 0 Å². The van der Waals surface area contributed by atoms with E-state index in [1.165, 1.54) is 0 Å². The number of hydrogen-bond donors (Lipinski definition) is 1. The number of nitrogens with one attached hydrogen (secondary N) is 1. The van der Waals surface area contributed by atoms with Crippen LogP contribution in [-0.4, -0.2) is 57.9 Å². The van der Waals surface area contributed by atoms with Crippen LogP contribution in [0.15, 0.2) is 0 Å². The molecule has 0 aromatic rings. The minimum Gasteiger partial charge on any atom is -0.381 e. The van der Waals surface area contributed by atoms with Crippen LogP contribution in [0.3, 0.4) is 0 Å². The predicted octanol–water partition coefficient (Wildman–Crippen LogP) is 0.460. The second kappa shape index (κ2) is 5.85. The van der Waals surface area contributed by atoms with E-state index in [0.717, 1.165) is 38.9 Å². The molecule has 0 aromatic heterocycles. The smallest absolute Gasteiger partial charge is 0.214 e. The van der Waals surface area contributed by atoms with Gasteiger partial charge >= 0.3 is 0 Å². The van der Waals surface area contributed by atoms with Gasteiger partial charge in [0.15, 0.2) is 0 Å². The quantitative estimate of drug-likeness (QED) is 0.823. The van der Waals surface area contributed by atoms with Crippen LogP contribution in [-0.2, 0) is 14.8 Å². The summed E-state index contributed by atoms with van der Waals surface area (Å²) in [6.45, 7) is 4.76. The van der Waals surface area contributed by atoms with E-state index in [2.05, 4.69) is 5.32 Å². The van der Waals surface area contributed by atoms with E-state index in [4.69, 9.17) is 4.74 Å². The molecule has 19 heavy (non-hydrogen) atoms. The van der Waals surface area contributed by atoms with Gasteiger partial charge in [0.1, 0.15) is 0 Å². The zero-order valence-electron chi connectivity index (χ0n) is 11.1. The molecule has 0 aliphatic carbocycles. The zero-order valence-corrected chi connectivity index (χ0v) is 12.8. The highest BCUT2D eigenvalue weighted by molar-refractivity contribution is 7.89. The molecule has 0 saturated carbocycles. The third-order valence-electron chi connectivity index (χ3n) is 4.60. The largest absolute Gasteiger partial charge is 0.381 e. The van der Waals surface area contributed by atoms with Crippen molar-refractivity contribution in [2.24, 2.45) is 11.3 Å². The topological polar surface area (TPSA) is 58.6 Å². The molecule has 2 atom stereocenters. The van der Waals surface area contributed by atoms with Crippen molar-refractivity contribution in [2.45, 2.75) is 19.3 Å². The average Bonchev–Trinajstić information content (AvgIpc) is 3.03. The number of nitrogens with zero attached hydrogens (tertiary/aromatic N) is 1. The number of hydrogen-bond acceptors (Lipinski definition) is 4. The first-order valence-electron chi connectivity index (χ1n) is 6.86. The number of halogens is 1. The monoisotopic (exact) mass is 310 g/mol. The molecule has 0 radical (unpaired) electrons. The summed E-state index contributed by atoms with van der Waals surface area (Å²) in [7, 11) is -3.08. The summed E-state index contributed by atoms with van der Waals surface area (Å²) in [5.74, 6) is 0.476. The van der Waals surface area contributed by atoms with Gasteiger partial charge in [-0.2, -0.15) is 0 Å². The Kier molecular flexibility index (Phi) is 4.78. The fourth-order valence-corrected chi connectivity index (χ4v) is 5.30. The maximum Gasteiger partial charge on any atom is 0.214 e. The third-order valence-corrected chi connectivity index (χ3v) is 6.59.